The van der Waals surface area contributed by atoms with Crippen LogP contribution in [0.1, 0.15) is 0 Å². The van der Waals surface area contributed by atoms with Gasteiger partial charge in [0.05, 0.1) is 26.4 Å². The van der Waals surface area contributed by atoms with Gasteiger partial charge in [0.1, 0.15) is 0 Å². The highest BCUT2D eigenvalue weighted by Gasteiger charge is 2.30. The number of amides is 3. The fraction of sp³-hybridized carbons (Fsp3) is 0.750. The van der Waals surface area contributed by atoms with Crippen LogP contribution in [-0.4, -0.2) is 61.3 Å². The maximum absolute atomic E-state index is 11.2. The van der Waals surface area contributed by atoms with Gasteiger partial charge in [0.15, 0.2) is 0 Å². The monoisotopic (exact) mass is 199 g/mol. The van der Waals surface area contributed by atoms with Gasteiger partial charge in [-0.2, -0.15) is 0 Å². The van der Waals surface area contributed by atoms with Gasteiger partial charge < -0.3 is 10.1 Å². The molecule has 3 amide bonds. The highest BCUT2D eigenvalue weighted by atomic mass is 16.5. The summed E-state index contributed by atoms with van der Waals surface area (Å²) < 4.78 is 5.17. The van der Waals surface area contributed by atoms with E-state index in [1.54, 1.807) is 0 Å². The Morgan fingerprint density at radius 1 is 1.29 bits per heavy atom. The largest absolute Gasteiger partial charge is 0.379 e. The van der Waals surface area contributed by atoms with Crippen LogP contribution < -0.4 is 5.32 Å². The molecule has 0 unspecified atom stereocenters. The maximum atomic E-state index is 11.2. The first kappa shape index (κ1) is 9.42. The second-order valence-corrected chi connectivity index (χ2v) is 3.35. The number of ether oxygens (including phenoxy) is 1. The van der Waals surface area contributed by atoms with E-state index in [2.05, 4.69) is 5.32 Å². The lowest BCUT2D eigenvalue weighted by Gasteiger charge is -2.29. The highest BCUT2D eigenvalue weighted by Crippen LogP contribution is 2.03. The summed E-state index contributed by atoms with van der Waals surface area (Å²) in [6, 6.07) is -0.290. The van der Waals surface area contributed by atoms with Crippen LogP contribution in [0.25, 0.3) is 0 Å². The second kappa shape index (κ2) is 3.93. The first-order valence-electron chi connectivity index (χ1n) is 4.65. The van der Waals surface area contributed by atoms with E-state index in [0.29, 0.717) is 19.9 Å². The van der Waals surface area contributed by atoms with Crippen LogP contribution in [0, 0.1) is 0 Å². The minimum Gasteiger partial charge on any atom is -0.379 e. The van der Waals surface area contributed by atoms with Gasteiger partial charge in [-0.3, -0.25) is 9.69 Å². The number of carbonyl (C=O) groups is 2. The molecule has 6 nitrogen and oxygen atoms in total. The number of rotatable bonds is 2. The second-order valence-electron chi connectivity index (χ2n) is 3.35. The minimum absolute atomic E-state index is 0.128. The van der Waals surface area contributed by atoms with Gasteiger partial charge in [-0.05, 0) is 0 Å². The quantitative estimate of drug-likeness (QED) is 0.569. The molecule has 0 spiro atoms. The van der Waals surface area contributed by atoms with Crippen molar-refractivity contribution in [3.63, 3.8) is 0 Å². The summed E-state index contributed by atoms with van der Waals surface area (Å²) in [5.74, 6) is -0.151. The van der Waals surface area contributed by atoms with E-state index in [-0.39, 0.29) is 18.5 Å². The Kier molecular flexibility index (Phi) is 2.64. The molecule has 0 aromatic carbocycles. The average Bonchev–Trinajstić information content (AvgIpc) is 2.51. The molecule has 2 saturated heterocycles. The van der Waals surface area contributed by atoms with Crippen LogP contribution in [0.15, 0.2) is 0 Å². The summed E-state index contributed by atoms with van der Waals surface area (Å²) in [6.45, 7) is 3.40. The van der Waals surface area contributed by atoms with Crippen LogP contribution >= 0.6 is 0 Å². The molecule has 1 N–H and O–H groups in total. The molecular weight excluding hydrogens is 186 g/mol. The van der Waals surface area contributed by atoms with Crippen LogP contribution in [0.3, 0.4) is 0 Å². The summed E-state index contributed by atoms with van der Waals surface area (Å²) in [5, 5.41) is 2.49. The molecular formula is C8H13N3O3. The van der Waals surface area contributed by atoms with E-state index in [1.165, 1.54) is 4.90 Å². The van der Waals surface area contributed by atoms with Crippen molar-refractivity contribution in [1.29, 1.82) is 0 Å². The maximum Gasteiger partial charge on any atom is 0.325 e. The Morgan fingerprint density at radius 2 is 2.00 bits per heavy atom. The molecule has 2 aliphatic rings. The lowest BCUT2D eigenvalue weighted by Crippen LogP contribution is -2.46. The third-order valence-electron chi connectivity index (χ3n) is 2.38. The van der Waals surface area contributed by atoms with Gasteiger partial charge in [-0.1, -0.05) is 0 Å². The molecule has 2 fully saturated rings. The Labute approximate surface area is 81.8 Å². The molecule has 0 bridgehead atoms. The normalized spacial score (nSPS) is 24.1. The smallest absolute Gasteiger partial charge is 0.325 e. The number of nitrogens with zero attached hydrogens (tertiary/aromatic N) is 2. The van der Waals surface area contributed by atoms with E-state index >= 15 is 0 Å². The molecule has 2 aliphatic heterocycles. The van der Waals surface area contributed by atoms with Gasteiger partial charge in [0.25, 0.3) is 5.91 Å². The molecule has 0 aliphatic carbocycles. The summed E-state index contributed by atoms with van der Waals surface area (Å²) in [7, 11) is 0. The number of hydrogen-bond acceptors (Lipinski definition) is 4. The SMILES string of the molecule is O=C1CNC(=O)N1CN1CCOCC1. The Balaban J connectivity index is 1.89. The fourth-order valence-electron chi connectivity index (χ4n) is 1.54. The average molecular weight is 199 g/mol. The topological polar surface area (TPSA) is 61.9 Å². The fourth-order valence-corrected chi connectivity index (χ4v) is 1.54. The number of carbonyl (C=O) groups excluding carboxylic acids is 2. The van der Waals surface area contributed by atoms with Crippen molar-refractivity contribution in [2.24, 2.45) is 0 Å². The first-order chi connectivity index (χ1) is 6.77. The Bertz CT molecular complexity index is 234. The van der Waals surface area contributed by atoms with Gasteiger partial charge in [0.2, 0.25) is 0 Å². The molecule has 2 heterocycles. The van der Waals surface area contributed by atoms with Crippen molar-refractivity contribution in [1.82, 2.24) is 15.1 Å². The highest BCUT2D eigenvalue weighted by molar-refractivity contribution is 6.01. The van der Waals surface area contributed by atoms with E-state index in [0.717, 1.165) is 13.1 Å². The molecule has 2 rings (SSSR count). The van der Waals surface area contributed by atoms with Crippen LogP contribution in [0.2, 0.25) is 0 Å². The van der Waals surface area contributed by atoms with E-state index in [4.69, 9.17) is 4.74 Å². The summed E-state index contributed by atoms with van der Waals surface area (Å²) in [5.41, 5.74) is 0. The minimum atomic E-state index is -0.290. The van der Waals surface area contributed by atoms with Gasteiger partial charge in [0, 0.05) is 13.1 Å². The molecule has 78 valence electrons. The Morgan fingerprint density at radius 3 is 2.57 bits per heavy atom. The van der Waals surface area contributed by atoms with E-state index in [9.17, 15) is 9.59 Å². The molecule has 0 radical (unpaired) electrons. The zero-order valence-corrected chi connectivity index (χ0v) is 7.86. The molecule has 0 saturated carbocycles. The number of hydrogen-bond donors (Lipinski definition) is 1. The van der Waals surface area contributed by atoms with Crippen molar-refractivity contribution >= 4 is 11.9 Å². The number of nitrogens with one attached hydrogen (secondary N) is 1. The number of imide groups is 1. The van der Waals surface area contributed by atoms with Gasteiger partial charge in [-0.25, -0.2) is 9.69 Å². The van der Waals surface area contributed by atoms with E-state index < -0.39 is 0 Å². The van der Waals surface area contributed by atoms with Crippen molar-refractivity contribution in [3.8, 4) is 0 Å². The zero-order chi connectivity index (χ0) is 9.97. The lowest BCUT2D eigenvalue weighted by atomic mass is 10.4. The molecule has 0 aromatic rings. The Hall–Kier alpha value is -1.14. The van der Waals surface area contributed by atoms with Crippen molar-refractivity contribution < 1.29 is 14.3 Å². The van der Waals surface area contributed by atoms with Crippen molar-refractivity contribution in [2.75, 3.05) is 39.5 Å². The molecule has 6 heteroatoms. The third-order valence-corrected chi connectivity index (χ3v) is 2.38. The van der Waals surface area contributed by atoms with Crippen molar-refractivity contribution in [3.05, 3.63) is 0 Å². The van der Waals surface area contributed by atoms with Crippen molar-refractivity contribution in [2.45, 2.75) is 0 Å². The summed E-state index contributed by atoms with van der Waals surface area (Å²) in [6.07, 6.45) is 0. The number of urea groups is 1. The molecule has 0 atom stereocenters. The summed E-state index contributed by atoms with van der Waals surface area (Å²) >= 11 is 0. The molecule has 0 aromatic heterocycles. The number of morpholine rings is 1. The third kappa shape index (κ3) is 1.85. The summed E-state index contributed by atoms with van der Waals surface area (Å²) in [4.78, 5) is 25.7. The molecule has 14 heavy (non-hydrogen) atoms. The van der Waals surface area contributed by atoms with Crippen LogP contribution in [0.5, 0.6) is 0 Å². The standard InChI is InChI=1S/C8H13N3O3/c12-7-5-9-8(13)11(7)6-10-1-3-14-4-2-10/h1-6H2,(H,9,13). The lowest BCUT2D eigenvalue weighted by molar-refractivity contribution is -0.127. The van der Waals surface area contributed by atoms with E-state index in [1.807, 2.05) is 4.90 Å². The predicted octanol–water partition coefficient (Wildman–Crippen LogP) is -1.17. The van der Waals surface area contributed by atoms with Crippen LogP contribution in [-0.2, 0) is 9.53 Å². The zero-order valence-electron chi connectivity index (χ0n) is 7.86. The first-order valence-corrected chi connectivity index (χ1v) is 4.65. The van der Waals surface area contributed by atoms with Crippen LogP contribution in [0.4, 0.5) is 4.79 Å². The predicted molar refractivity (Wildman–Crippen MR) is 47.5 cm³/mol. The van der Waals surface area contributed by atoms with Gasteiger partial charge >= 0.3 is 6.03 Å². The van der Waals surface area contributed by atoms with Gasteiger partial charge in [-0.15, -0.1) is 0 Å².